The SMILES string of the molecule is Cc1ccc(C(N)C(=O)NC2CCCCCCC2)cc1.Cl. The fourth-order valence-corrected chi connectivity index (χ4v) is 2.82. The van der Waals surface area contributed by atoms with Crippen LogP contribution in [-0.4, -0.2) is 11.9 Å². The van der Waals surface area contributed by atoms with E-state index in [2.05, 4.69) is 5.32 Å². The van der Waals surface area contributed by atoms with Crippen molar-refractivity contribution in [2.45, 2.75) is 64.0 Å². The van der Waals surface area contributed by atoms with Crippen LogP contribution in [0.4, 0.5) is 0 Å². The summed E-state index contributed by atoms with van der Waals surface area (Å²) < 4.78 is 0. The molecule has 0 saturated heterocycles. The number of carbonyl (C=O) groups is 1. The summed E-state index contributed by atoms with van der Waals surface area (Å²) in [6.07, 6.45) is 8.52. The zero-order valence-corrected chi connectivity index (χ0v) is 13.6. The highest BCUT2D eigenvalue weighted by atomic mass is 35.5. The molecule has 0 aromatic heterocycles. The van der Waals surface area contributed by atoms with Crippen LogP contribution in [0.15, 0.2) is 24.3 Å². The van der Waals surface area contributed by atoms with E-state index in [-0.39, 0.29) is 18.3 Å². The summed E-state index contributed by atoms with van der Waals surface area (Å²) in [7, 11) is 0. The van der Waals surface area contributed by atoms with Crippen molar-refractivity contribution in [2.24, 2.45) is 5.73 Å². The van der Waals surface area contributed by atoms with Gasteiger partial charge in [0.25, 0.3) is 0 Å². The third-order valence-corrected chi connectivity index (χ3v) is 4.17. The van der Waals surface area contributed by atoms with Gasteiger partial charge in [0.05, 0.1) is 0 Å². The Labute approximate surface area is 134 Å². The van der Waals surface area contributed by atoms with Crippen LogP contribution in [0.2, 0.25) is 0 Å². The molecular formula is C17H27ClN2O. The fraction of sp³-hybridized carbons (Fsp3) is 0.588. The van der Waals surface area contributed by atoms with Gasteiger partial charge in [-0.1, -0.05) is 61.9 Å². The molecule has 1 aromatic carbocycles. The average molecular weight is 311 g/mol. The van der Waals surface area contributed by atoms with Crippen LogP contribution in [0.5, 0.6) is 0 Å². The van der Waals surface area contributed by atoms with Crippen molar-refractivity contribution in [3.8, 4) is 0 Å². The molecule has 1 unspecified atom stereocenters. The van der Waals surface area contributed by atoms with Crippen molar-refractivity contribution in [1.82, 2.24) is 5.32 Å². The van der Waals surface area contributed by atoms with Crippen LogP contribution in [0.25, 0.3) is 0 Å². The average Bonchev–Trinajstić information content (AvgIpc) is 2.41. The van der Waals surface area contributed by atoms with E-state index in [0.717, 1.165) is 18.4 Å². The van der Waals surface area contributed by atoms with Gasteiger partial charge in [-0.2, -0.15) is 0 Å². The molecular weight excluding hydrogens is 284 g/mol. The Bertz CT molecular complexity index is 425. The minimum absolute atomic E-state index is 0. The van der Waals surface area contributed by atoms with Crippen LogP contribution in [-0.2, 0) is 4.79 Å². The topological polar surface area (TPSA) is 55.1 Å². The first-order valence-electron chi connectivity index (χ1n) is 7.79. The molecule has 1 saturated carbocycles. The first-order chi connectivity index (χ1) is 9.66. The molecule has 2 rings (SSSR count). The van der Waals surface area contributed by atoms with Gasteiger partial charge < -0.3 is 11.1 Å². The van der Waals surface area contributed by atoms with E-state index < -0.39 is 6.04 Å². The van der Waals surface area contributed by atoms with Gasteiger partial charge in [-0.3, -0.25) is 4.79 Å². The minimum atomic E-state index is -0.555. The second-order valence-corrected chi connectivity index (χ2v) is 5.94. The van der Waals surface area contributed by atoms with E-state index >= 15 is 0 Å². The summed E-state index contributed by atoms with van der Waals surface area (Å²) in [6, 6.07) is 7.63. The molecule has 1 atom stereocenters. The van der Waals surface area contributed by atoms with Gasteiger partial charge in [-0.25, -0.2) is 0 Å². The molecule has 118 valence electrons. The van der Waals surface area contributed by atoms with Gasteiger partial charge in [-0.15, -0.1) is 12.4 Å². The number of hydrogen-bond acceptors (Lipinski definition) is 2. The lowest BCUT2D eigenvalue weighted by molar-refractivity contribution is -0.123. The van der Waals surface area contributed by atoms with Crippen molar-refractivity contribution >= 4 is 18.3 Å². The molecule has 1 amide bonds. The molecule has 1 aromatic rings. The largest absolute Gasteiger partial charge is 0.352 e. The quantitative estimate of drug-likeness (QED) is 0.895. The predicted octanol–water partition coefficient (Wildman–Crippen LogP) is 3.65. The summed E-state index contributed by atoms with van der Waals surface area (Å²) in [5.41, 5.74) is 8.13. The Morgan fingerprint density at radius 3 is 2.19 bits per heavy atom. The van der Waals surface area contributed by atoms with Crippen molar-refractivity contribution in [2.75, 3.05) is 0 Å². The number of rotatable bonds is 3. The Hall–Kier alpha value is -1.06. The molecule has 21 heavy (non-hydrogen) atoms. The van der Waals surface area contributed by atoms with Crippen LogP contribution in [0.1, 0.15) is 62.1 Å². The highest BCUT2D eigenvalue weighted by Crippen LogP contribution is 2.18. The second kappa shape index (κ2) is 9.06. The van der Waals surface area contributed by atoms with E-state index in [4.69, 9.17) is 5.73 Å². The highest BCUT2D eigenvalue weighted by Gasteiger charge is 2.19. The van der Waals surface area contributed by atoms with Crippen LogP contribution in [0.3, 0.4) is 0 Å². The summed E-state index contributed by atoms with van der Waals surface area (Å²) in [4.78, 5) is 12.3. The Morgan fingerprint density at radius 2 is 1.62 bits per heavy atom. The summed E-state index contributed by atoms with van der Waals surface area (Å²) >= 11 is 0. The third-order valence-electron chi connectivity index (χ3n) is 4.17. The van der Waals surface area contributed by atoms with Crippen LogP contribution >= 0.6 is 12.4 Å². The molecule has 3 nitrogen and oxygen atoms in total. The predicted molar refractivity (Wildman–Crippen MR) is 89.6 cm³/mol. The normalized spacial score (nSPS) is 18.0. The number of carbonyl (C=O) groups excluding carboxylic acids is 1. The van der Waals surface area contributed by atoms with E-state index in [1.54, 1.807) is 0 Å². The Morgan fingerprint density at radius 1 is 1.10 bits per heavy atom. The van der Waals surface area contributed by atoms with Crippen molar-refractivity contribution in [3.63, 3.8) is 0 Å². The van der Waals surface area contributed by atoms with Gasteiger partial charge in [0, 0.05) is 6.04 Å². The molecule has 1 aliphatic rings. The Kier molecular flexibility index (Phi) is 7.76. The molecule has 4 heteroatoms. The minimum Gasteiger partial charge on any atom is -0.352 e. The standard InChI is InChI=1S/C17H26N2O.ClH/c1-13-9-11-14(12-10-13)16(18)17(20)19-15-7-5-3-2-4-6-8-15;/h9-12,15-16H,2-8,18H2,1H3,(H,19,20);1H. The van der Waals surface area contributed by atoms with Crippen LogP contribution < -0.4 is 11.1 Å². The molecule has 0 bridgehead atoms. The lowest BCUT2D eigenvalue weighted by Crippen LogP contribution is -2.41. The van der Waals surface area contributed by atoms with Gasteiger partial charge >= 0.3 is 0 Å². The number of nitrogens with two attached hydrogens (primary N) is 1. The number of benzene rings is 1. The molecule has 3 N–H and O–H groups in total. The summed E-state index contributed by atoms with van der Waals surface area (Å²) in [5, 5.41) is 3.14. The fourth-order valence-electron chi connectivity index (χ4n) is 2.82. The monoisotopic (exact) mass is 310 g/mol. The van der Waals surface area contributed by atoms with E-state index in [1.165, 1.54) is 37.7 Å². The first-order valence-corrected chi connectivity index (χ1v) is 7.79. The number of amides is 1. The first kappa shape index (κ1) is 18.0. The smallest absolute Gasteiger partial charge is 0.241 e. The molecule has 1 aliphatic carbocycles. The second-order valence-electron chi connectivity index (χ2n) is 5.94. The lowest BCUT2D eigenvalue weighted by atomic mass is 9.96. The van der Waals surface area contributed by atoms with Crippen LogP contribution in [0, 0.1) is 6.92 Å². The van der Waals surface area contributed by atoms with Crippen molar-refractivity contribution in [1.29, 1.82) is 0 Å². The third kappa shape index (κ3) is 5.68. The number of halogens is 1. The number of aryl methyl sites for hydroxylation is 1. The summed E-state index contributed by atoms with van der Waals surface area (Å²) in [5.74, 6) is -0.0422. The van der Waals surface area contributed by atoms with E-state index in [9.17, 15) is 4.79 Å². The van der Waals surface area contributed by atoms with Gasteiger partial charge in [0.15, 0.2) is 0 Å². The maximum Gasteiger partial charge on any atom is 0.241 e. The maximum absolute atomic E-state index is 12.3. The number of hydrogen-bond donors (Lipinski definition) is 2. The zero-order valence-electron chi connectivity index (χ0n) is 12.8. The van der Waals surface area contributed by atoms with Gasteiger partial charge in [0.2, 0.25) is 5.91 Å². The lowest BCUT2D eigenvalue weighted by Gasteiger charge is -2.23. The van der Waals surface area contributed by atoms with Gasteiger partial charge in [-0.05, 0) is 25.3 Å². The Balaban J connectivity index is 0.00000220. The molecule has 0 spiro atoms. The van der Waals surface area contributed by atoms with E-state index in [1.807, 2.05) is 31.2 Å². The molecule has 0 heterocycles. The molecule has 0 radical (unpaired) electrons. The molecule has 0 aliphatic heterocycles. The number of nitrogens with one attached hydrogen (secondary N) is 1. The van der Waals surface area contributed by atoms with Crippen molar-refractivity contribution in [3.05, 3.63) is 35.4 Å². The van der Waals surface area contributed by atoms with Crippen molar-refractivity contribution < 1.29 is 4.79 Å². The summed E-state index contributed by atoms with van der Waals surface area (Å²) in [6.45, 7) is 2.03. The zero-order chi connectivity index (χ0) is 14.4. The highest BCUT2D eigenvalue weighted by molar-refractivity contribution is 5.85. The maximum atomic E-state index is 12.3. The van der Waals surface area contributed by atoms with Gasteiger partial charge in [0.1, 0.15) is 6.04 Å². The molecule has 1 fully saturated rings. The van der Waals surface area contributed by atoms with E-state index in [0.29, 0.717) is 6.04 Å².